The molecule has 0 saturated heterocycles. The lowest BCUT2D eigenvalue weighted by Gasteiger charge is -2.12. The molecular formula is C11H14N4O. The van der Waals surface area contributed by atoms with E-state index < -0.39 is 0 Å². The second-order valence-corrected chi connectivity index (χ2v) is 3.80. The van der Waals surface area contributed by atoms with Crippen molar-refractivity contribution in [2.24, 2.45) is 11.0 Å². The fourth-order valence-corrected chi connectivity index (χ4v) is 1.79. The van der Waals surface area contributed by atoms with Gasteiger partial charge in [-0.05, 0) is 19.4 Å². The molecule has 1 aliphatic heterocycles. The highest BCUT2D eigenvalue weighted by molar-refractivity contribution is 6.14. The van der Waals surface area contributed by atoms with E-state index in [1.54, 1.807) is 18.3 Å². The molecule has 0 aromatic carbocycles. The van der Waals surface area contributed by atoms with Crippen LogP contribution >= 0.6 is 0 Å². The lowest BCUT2D eigenvalue weighted by atomic mass is 10.0. The molecule has 1 aliphatic rings. The summed E-state index contributed by atoms with van der Waals surface area (Å²) < 4.78 is 0. The van der Waals surface area contributed by atoms with Gasteiger partial charge in [0.15, 0.2) is 5.82 Å². The smallest absolute Gasteiger partial charge is 0.257 e. The third-order valence-corrected chi connectivity index (χ3v) is 2.66. The van der Waals surface area contributed by atoms with Crippen LogP contribution in [-0.4, -0.2) is 16.6 Å². The summed E-state index contributed by atoms with van der Waals surface area (Å²) in [5.74, 6) is 0.335. The normalized spacial score (nSPS) is 20.1. The van der Waals surface area contributed by atoms with Crippen LogP contribution < -0.4 is 10.7 Å². The van der Waals surface area contributed by atoms with Crippen LogP contribution in [0.15, 0.2) is 23.4 Å². The average Bonchev–Trinajstić information content (AvgIpc) is 2.54. The van der Waals surface area contributed by atoms with Crippen molar-refractivity contribution in [2.45, 2.75) is 20.3 Å². The maximum atomic E-state index is 12.0. The number of nitrogen functional groups attached to an aromatic ring is 1. The first kappa shape index (κ1) is 10.6. The van der Waals surface area contributed by atoms with Gasteiger partial charge < -0.3 is 5.73 Å². The van der Waals surface area contributed by atoms with Gasteiger partial charge in [0.1, 0.15) is 0 Å². The number of nitrogens with two attached hydrogens (primary N) is 1. The van der Waals surface area contributed by atoms with E-state index >= 15 is 0 Å². The summed E-state index contributed by atoms with van der Waals surface area (Å²) in [7, 11) is 0. The van der Waals surface area contributed by atoms with E-state index in [4.69, 9.17) is 5.73 Å². The Morgan fingerprint density at radius 3 is 2.88 bits per heavy atom. The molecule has 1 atom stereocenters. The van der Waals surface area contributed by atoms with Gasteiger partial charge in [0, 0.05) is 23.7 Å². The average molecular weight is 218 g/mol. The van der Waals surface area contributed by atoms with Crippen LogP contribution in [0.3, 0.4) is 0 Å². The van der Waals surface area contributed by atoms with Crippen molar-refractivity contribution < 1.29 is 4.79 Å². The summed E-state index contributed by atoms with van der Waals surface area (Å²) in [5.41, 5.74) is 7.05. The molecule has 2 heterocycles. The van der Waals surface area contributed by atoms with Crippen LogP contribution in [0.25, 0.3) is 0 Å². The molecule has 2 rings (SSSR count). The Labute approximate surface area is 94.0 Å². The van der Waals surface area contributed by atoms with E-state index in [2.05, 4.69) is 10.1 Å². The summed E-state index contributed by atoms with van der Waals surface area (Å²) in [6.45, 7) is 3.83. The number of rotatable bonds is 2. The maximum absolute atomic E-state index is 12.0. The minimum Gasteiger partial charge on any atom is -0.399 e. The van der Waals surface area contributed by atoms with Crippen LogP contribution in [0.1, 0.15) is 20.3 Å². The van der Waals surface area contributed by atoms with Crippen molar-refractivity contribution in [3.8, 4) is 0 Å². The molecule has 1 amide bonds. The fourth-order valence-electron chi connectivity index (χ4n) is 1.79. The van der Waals surface area contributed by atoms with E-state index in [9.17, 15) is 4.79 Å². The molecule has 0 spiro atoms. The molecule has 1 aromatic heterocycles. The Kier molecular flexibility index (Phi) is 2.60. The summed E-state index contributed by atoms with van der Waals surface area (Å²) >= 11 is 0. The first-order chi connectivity index (χ1) is 7.63. The largest absolute Gasteiger partial charge is 0.399 e. The molecule has 5 nitrogen and oxygen atoms in total. The lowest BCUT2D eigenvalue weighted by Crippen LogP contribution is -2.27. The van der Waals surface area contributed by atoms with E-state index in [-0.39, 0.29) is 11.8 Å². The van der Waals surface area contributed by atoms with Crippen molar-refractivity contribution >= 4 is 23.1 Å². The van der Waals surface area contributed by atoms with Gasteiger partial charge >= 0.3 is 0 Å². The Morgan fingerprint density at radius 1 is 1.56 bits per heavy atom. The number of amides is 1. The second-order valence-electron chi connectivity index (χ2n) is 3.80. The minimum absolute atomic E-state index is 0.0295. The molecular weight excluding hydrogens is 204 g/mol. The van der Waals surface area contributed by atoms with Gasteiger partial charge in [-0.15, -0.1) is 0 Å². The highest BCUT2D eigenvalue weighted by atomic mass is 16.2. The van der Waals surface area contributed by atoms with E-state index in [1.807, 2.05) is 13.8 Å². The molecule has 1 aromatic rings. The van der Waals surface area contributed by atoms with Crippen molar-refractivity contribution in [3.63, 3.8) is 0 Å². The minimum atomic E-state index is -0.122. The number of anilines is 2. The quantitative estimate of drug-likeness (QED) is 0.815. The number of nitrogens with zero attached hydrogens (tertiary/aromatic N) is 3. The number of carbonyl (C=O) groups excluding carboxylic acids is 1. The van der Waals surface area contributed by atoms with Crippen LogP contribution in [0.4, 0.5) is 11.5 Å². The van der Waals surface area contributed by atoms with Crippen LogP contribution in [0.5, 0.6) is 0 Å². The van der Waals surface area contributed by atoms with Crippen molar-refractivity contribution in [2.75, 3.05) is 10.7 Å². The van der Waals surface area contributed by atoms with Gasteiger partial charge in [0.25, 0.3) is 5.91 Å². The second kappa shape index (κ2) is 3.92. The Balaban J connectivity index is 2.34. The molecule has 2 N–H and O–H groups in total. The predicted molar refractivity (Wildman–Crippen MR) is 63.0 cm³/mol. The molecule has 0 aliphatic carbocycles. The number of carbonyl (C=O) groups is 1. The predicted octanol–water partition coefficient (Wildman–Crippen LogP) is 1.41. The summed E-state index contributed by atoms with van der Waals surface area (Å²) in [4.78, 5) is 16.1. The third kappa shape index (κ3) is 1.64. The third-order valence-electron chi connectivity index (χ3n) is 2.66. The Bertz CT molecular complexity index is 455. The van der Waals surface area contributed by atoms with E-state index in [1.165, 1.54) is 5.01 Å². The van der Waals surface area contributed by atoms with Crippen LogP contribution in [-0.2, 0) is 4.79 Å². The molecule has 0 bridgehead atoms. The SMILES string of the molecule is CC[C@H]1C(=O)N(c2cc(N)ccn2)N=C1C. The van der Waals surface area contributed by atoms with Gasteiger partial charge in [0.2, 0.25) is 0 Å². The summed E-state index contributed by atoms with van der Waals surface area (Å²) in [6.07, 6.45) is 2.33. The first-order valence-electron chi connectivity index (χ1n) is 5.24. The fraction of sp³-hybridized carbons (Fsp3) is 0.364. The van der Waals surface area contributed by atoms with Crippen molar-refractivity contribution in [1.82, 2.24) is 4.98 Å². The van der Waals surface area contributed by atoms with Gasteiger partial charge in [-0.1, -0.05) is 6.92 Å². The molecule has 16 heavy (non-hydrogen) atoms. The van der Waals surface area contributed by atoms with Crippen LogP contribution in [0, 0.1) is 5.92 Å². The zero-order valence-corrected chi connectivity index (χ0v) is 9.34. The number of hydrogen-bond acceptors (Lipinski definition) is 4. The molecule has 0 radical (unpaired) electrons. The van der Waals surface area contributed by atoms with Crippen molar-refractivity contribution in [1.29, 1.82) is 0 Å². The standard InChI is InChI=1S/C11H14N4O/c1-3-9-7(2)14-15(11(9)16)10-6-8(12)4-5-13-10/h4-6,9H,3H2,1-2H3,(H2,12,13)/t9-/m1/s1. The van der Waals surface area contributed by atoms with Crippen molar-refractivity contribution in [3.05, 3.63) is 18.3 Å². The number of pyridine rings is 1. The highest BCUT2D eigenvalue weighted by Crippen LogP contribution is 2.24. The lowest BCUT2D eigenvalue weighted by molar-refractivity contribution is -0.119. The Morgan fingerprint density at radius 2 is 2.31 bits per heavy atom. The van der Waals surface area contributed by atoms with Crippen LogP contribution in [0.2, 0.25) is 0 Å². The van der Waals surface area contributed by atoms with E-state index in [0.29, 0.717) is 11.5 Å². The zero-order valence-electron chi connectivity index (χ0n) is 9.34. The molecule has 0 fully saturated rings. The number of aromatic nitrogens is 1. The highest BCUT2D eigenvalue weighted by Gasteiger charge is 2.33. The summed E-state index contributed by atoms with van der Waals surface area (Å²) in [6, 6.07) is 3.32. The monoisotopic (exact) mass is 218 g/mol. The van der Waals surface area contributed by atoms with Gasteiger partial charge in [0.05, 0.1) is 5.92 Å². The maximum Gasteiger partial charge on any atom is 0.257 e. The van der Waals surface area contributed by atoms with E-state index in [0.717, 1.165) is 12.1 Å². The molecule has 0 saturated carbocycles. The summed E-state index contributed by atoms with van der Waals surface area (Å²) in [5, 5.41) is 5.55. The molecule has 84 valence electrons. The first-order valence-corrected chi connectivity index (χ1v) is 5.24. The molecule has 0 unspecified atom stereocenters. The van der Waals surface area contributed by atoms with Gasteiger partial charge in [-0.3, -0.25) is 4.79 Å². The molecule has 5 heteroatoms. The number of hydrazone groups is 1. The van der Waals surface area contributed by atoms with Gasteiger partial charge in [-0.2, -0.15) is 10.1 Å². The topological polar surface area (TPSA) is 71.6 Å². The van der Waals surface area contributed by atoms with Gasteiger partial charge in [-0.25, -0.2) is 4.98 Å². The zero-order chi connectivity index (χ0) is 11.7. The number of hydrogen-bond donors (Lipinski definition) is 1. The Hall–Kier alpha value is -1.91.